The third-order valence-corrected chi connectivity index (χ3v) is 8.51. The van der Waals surface area contributed by atoms with E-state index < -0.39 is 52.1 Å². The zero-order valence-electron chi connectivity index (χ0n) is 19.3. The van der Waals surface area contributed by atoms with Crippen LogP contribution in [0.25, 0.3) is 10.6 Å². The maximum absolute atomic E-state index is 14.4. The van der Waals surface area contributed by atoms with E-state index in [2.05, 4.69) is 15.3 Å². The first kappa shape index (κ1) is 27.6. The van der Waals surface area contributed by atoms with Crippen LogP contribution in [0.5, 0.6) is 0 Å². The van der Waals surface area contributed by atoms with Crippen LogP contribution in [0.2, 0.25) is 0 Å². The molecule has 4 atom stereocenters. The number of thiazole rings is 1. The Bertz CT molecular complexity index is 1240. The molecule has 3 aromatic rings. The number of pyridine rings is 1. The number of rotatable bonds is 9. The summed E-state index contributed by atoms with van der Waals surface area (Å²) in [6.07, 6.45) is -3.74. The fraction of sp³-hybridized carbons (Fsp3) is 0.391. The SMILES string of the molecule is C[C@H]1[C@H](F)C[C@@H](COCNCc2cc(-c3cnc(C(F)(F)F)s3)ncc2F)N1S(=O)c1ccc(F)cc1. The molecule has 37 heavy (non-hydrogen) atoms. The quantitative estimate of drug-likeness (QED) is 0.223. The molecule has 4 rings (SSSR count). The lowest BCUT2D eigenvalue weighted by atomic mass is 10.2. The third kappa shape index (κ3) is 6.55. The predicted molar refractivity (Wildman–Crippen MR) is 125 cm³/mol. The summed E-state index contributed by atoms with van der Waals surface area (Å²) in [5.41, 5.74) is 0.313. The van der Waals surface area contributed by atoms with E-state index in [1.807, 2.05) is 0 Å². The summed E-state index contributed by atoms with van der Waals surface area (Å²) in [6.45, 7) is 1.60. The van der Waals surface area contributed by atoms with Crippen molar-refractivity contribution in [3.63, 3.8) is 0 Å². The summed E-state index contributed by atoms with van der Waals surface area (Å²) in [5, 5.41) is 1.85. The van der Waals surface area contributed by atoms with Gasteiger partial charge in [-0.15, -0.1) is 11.3 Å². The van der Waals surface area contributed by atoms with Gasteiger partial charge in [-0.1, -0.05) is 0 Å². The fourth-order valence-electron chi connectivity index (χ4n) is 3.88. The number of nitrogens with zero attached hydrogens (tertiary/aromatic N) is 3. The summed E-state index contributed by atoms with van der Waals surface area (Å²) in [5.74, 6) is -1.12. The van der Waals surface area contributed by atoms with Gasteiger partial charge in [0.2, 0.25) is 0 Å². The van der Waals surface area contributed by atoms with Crippen LogP contribution < -0.4 is 5.32 Å². The zero-order valence-corrected chi connectivity index (χ0v) is 21.0. The molecule has 1 aromatic carbocycles. The lowest BCUT2D eigenvalue weighted by molar-refractivity contribution is -0.137. The number of nitrogens with one attached hydrogen (secondary N) is 1. The molecule has 6 nitrogen and oxygen atoms in total. The van der Waals surface area contributed by atoms with E-state index >= 15 is 0 Å². The maximum Gasteiger partial charge on any atom is 0.443 e. The van der Waals surface area contributed by atoms with Crippen molar-refractivity contribution in [2.45, 2.75) is 49.2 Å². The van der Waals surface area contributed by atoms with Crippen LogP contribution >= 0.6 is 11.3 Å². The van der Waals surface area contributed by atoms with Gasteiger partial charge in [0.1, 0.15) is 28.8 Å². The van der Waals surface area contributed by atoms with Crippen molar-refractivity contribution < 1.29 is 35.3 Å². The second-order valence-corrected chi connectivity index (χ2v) is 10.8. The number of alkyl halides is 4. The van der Waals surface area contributed by atoms with Gasteiger partial charge >= 0.3 is 6.18 Å². The second-order valence-electron chi connectivity index (χ2n) is 8.34. The number of benzene rings is 1. The average Bonchev–Trinajstić information content (AvgIpc) is 3.45. The minimum absolute atomic E-state index is 0.00961. The Morgan fingerprint density at radius 1 is 1.19 bits per heavy atom. The Morgan fingerprint density at radius 2 is 1.92 bits per heavy atom. The molecule has 0 bridgehead atoms. The molecule has 0 saturated carbocycles. The molecule has 0 amide bonds. The molecule has 1 aliphatic rings. The van der Waals surface area contributed by atoms with E-state index in [1.165, 1.54) is 34.6 Å². The van der Waals surface area contributed by atoms with Crippen LogP contribution in [-0.2, 0) is 28.4 Å². The molecule has 14 heteroatoms. The van der Waals surface area contributed by atoms with Crippen LogP contribution in [0.15, 0.2) is 47.6 Å². The van der Waals surface area contributed by atoms with Crippen LogP contribution in [-0.4, -0.2) is 50.1 Å². The number of hydrogen-bond acceptors (Lipinski definition) is 6. The summed E-state index contributed by atoms with van der Waals surface area (Å²) >= 11 is 0.410. The van der Waals surface area contributed by atoms with Gasteiger partial charge in [0.05, 0.1) is 41.0 Å². The van der Waals surface area contributed by atoms with E-state index in [0.29, 0.717) is 16.2 Å². The summed E-state index contributed by atoms with van der Waals surface area (Å²) in [6, 6.07) is 5.33. The average molecular weight is 565 g/mol. The van der Waals surface area contributed by atoms with Gasteiger partial charge in [-0.25, -0.2) is 26.7 Å². The summed E-state index contributed by atoms with van der Waals surface area (Å²) < 4.78 is 100. The van der Waals surface area contributed by atoms with Crippen molar-refractivity contribution in [1.29, 1.82) is 0 Å². The molecule has 3 heterocycles. The predicted octanol–water partition coefficient (Wildman–Crippen LogP) is 5.09. The van der Waals surface area contributed by atoms with Crippen molar-refractivity contribution in [2.24, 2.45) is 0 Å². The highest BCUT2D eigenvalue weighted by atomic mass is 32.2. The molecule has 0 spiro atoms. The highest BCUT2D eigenvalue weighted by molar-refractivity contribution is 7.82. The first-order valence-electron chi connectivity index (χ1n) is 11.1. The fourth-order valence-corrected chi connectivity index (χ4v) is 6.10. The van der Waals surface area contributed by atoms with Gasteiger partial charge in [-0.2, -0.15) is 13.2 Å². The van der Waals surface area contributed by atoms with Gasteiger partial charge in [0, 0.05) is 24.3 Å². The van der Waals surface area contributed by atoms with E-state index in [4.69, 9.17) is 4.74 Å². The Hall–Kier alpha value is -2.39. The smallest absolute Gasteiger partial charge is 0.365 e. The van der Waals surface area contributed by atoms with E-state index in [1.54, 1.807) is 6.92 Å². The van der Waals surface area contributed by atoms with E-state index in [-0.39, 0.29) is 42.4 Å². The topological polar surface area (TPSA) is 67.3 Å². The van der Waals surface area contributed by atoms with Crippen molar-refractivity contribution in [1.82, 2.24) is 19.6 Å². The lowest BCUT2D eigenvalue weighted by Gasteiger charge is -2.26. The van der Waals surface area contributed by atoms with Gasteiger partial charge in [-0.3, -0.25) is 10.3 Å². The number of aromatic nitrogens is 2. The second kappa shape index (κ2) is 11.6. The first-order chi connectivity index (χ1) is 17.5. The molecule has 1 unspecified atom stereocenters. The van der Waals surface area contributed by atoms with Crippen LogP contribution in [0.1, 0.15) is 23.9 Å². The van der Waals surface area contributed by atoms with Crippen LogP contribution in [0.3, 0.4) is 0 Å². The largest absolute Gasteiger partial charge is 0.443 e. The van der Waals surface area contributed by atoms with Gasteiger partial charge in [-0.05, 0) is 43.7 Å². The van der Waals surface area contributed by atoms with E-state index in [0.717, 1.165) is 12.4 Å². The number of hydrogen-bond donors (Lipinski definition) is 1. The van der Waals surface area contributed by atoms with Gasteiger partial charge in [0.15, 0.2) is 5.01 Å². The molecule has 1 fully saturated rings. The van der Waals surface area contributed by atoms with Crippen LogP contribution in [0.4, 0.5) is 26.3 Å². The number of ether oxygens (including phenoxy) is 1. The molecule has 0 radical (unpaired) electrons. The Labute approximate surface area is 215 Å². The standard InChI is InChI=1S/C23H22F6N4O2S2/c1-13-18(25)7-16(33(13)37(34)17-4-2-15(24)3-5-17)11-35-12-30-8-14-6-20(31-9-19(14)26)21-10-32-22(36-21)23(27,28)29/h2-6,9-10,13,16,18,30H,7-8,11-12H2,1H3/t13-,16-,18+,37?/m0/s1. The van der Waals surface area contributed by atoms with E-state index in [9.17, 15) is 30.6 Å². The van der Waals surface area contributed by atoms with Crippen molar-refractivity contribution in [3.05, 3.63) is 64.9 Å². The number of halogens is 6. The van der Waals surface area contributed by atoms with Crippen molar-refractivity contribution in [3.8, 4) is 10.6 Å². The normalized spacial score (nSPS) is 21.4. The highest BCUT2D eigenvalue weighted by Gasteiger charge is 2.42. The molecular weight excluding hydrogens is 542 g/mol. The van der Waals surface area contributed by atoms with Crippen molar-refractivity contribution >= 4 is 22.3 Å². The van der Waals surface area contributed by atoms with Crippen LogP contribution in [0, 0.1) is 11.6 Å². The maximum atomic E-state index is 14.4. The van der Waals surface area contributed by atoms with Crippen molar-refractivity contribution in [2.75, 3.05) is 13.3 Å². The molecule has 200 valence electrons. The molecule has 0 aliphatic carbocycles. The van der Waals surface area contributed by atoms with Gasteiger partial charge in [0.25, 0.3) is 0 Å². The summed E-state index contributed by atoms with van der Waals surface area (Å²) in [4.78, 5) is 7.69. The molecular formula is C23H22F6N4O2S2. The zero-order chi connectivity index (χ0) is 26.7. The molecule has 1 saturated heterocycles. The summed E-state index contributed by atoms with van der Waals surface area (Å²) in [7, 11) is -1.72. The minimum atomic E-state index is -4.58. The molecule has 1 N–H and O–H groups in total. The third-order valence-electron chi connectivity index (χ3n) is 5.75. The molecule has 2 aromatic heterocycles. The first-order valence-corrected chi connectivity index (χ1v) is 13.0. The lowest BCUT2D eigenvalue weighted by Crippen LogP contribution is -2.40. The monoisotopic (exact) mass is 564 g/mol. The minimum Gasteiger partial charge on any atom is -0.365 e. The Morgan fingerprint density at radius 3 is 2.59 bits per heavy atom. The van der Waals surface area contributed by atoms with Gasteiger partial charge < -0.3 is 4.74 Å². The molecule has 1 aliphatic heterocycles. The highest BCUT2D eigenvalue weighted by Crippen LogP contribution is 2.36. The Kier molecular flexibility index (Phi) is 8.63. The Balaban J connectivity index is 1.32.